The quantitative estimate of drug-likeness (QED) is 0.442. The zero-order valence-corrected chi connectivity index (χ0v) is 16.6. The summed E-state index contributed by atoms with van der Waals surface area (Å²) in [5.41, 5.74) is 1.68. The molecule has 0 bridgehead atoms. The smallest absolute Gasteiger partial charge is 0.348 e. The number of esters is 1. The third-order valence-corrected chi connectivity index (χ3v) is 6.23. The van der Waals surface area contributed by atoms with Crippen LogP contribution in [0.15, 0.2) is 24.3 Å². The fourth-order valence-corrected chi connectivity index (χ4v) is 4.50. The van der Waals surface area contributed by atoms with Gasteiger partial charge in [-0.3, -0.25) is 14.9 Å². The molecule has 1 N–H and O–H groups in total. The van der Waals surface area contributed by atoms with E-state index in [1.54, 1.807) is 19.1 Å². The van der Waals surface area contributed by atoms with Gasteiger partial charge < -0.3 is 10.1 Å². The number of aryl methyl sites for hydroxylation is 2. The first kappa shape index (κ1) is 20.0. The predicted molar refractivity (Wildman–Crippen MR) is 107 cm³/mol. The molecular formula is C20H22N2O5S. The van der Waals surface area contributed by atoms with Crippen molar-refractivity contribution in [1.29, 1.82) is 0 Å². The van der Waals surface area contributed by atoms with Crippen LogP contribution < -0.4 is 5.32 Å². The Labute approximate surface area is 166 Å². The van der Waals surface area contributed by atoms with Gasteiger partial charge in [0.15, 0.2) is 6.61 Å². The number of nitro groups is 1. The number of fused-ring (bicyclic) bond motifs is 1. The van der Waals surface area contributed by atoms with Crippen LogP contribution in [0.4, 0.5) is 11.4 Å². The third kappa shape index (κ3) is 4.39. The van der Waals surface area contributed by atoms with E-state index >= 15 is 0 Å². The van der Waals surface area contributed by atoms with Gasteiger partial charge in [0.05, 0.1) is 4.92 Å². The number of carbonyl (C=O) groups excluding carboxylic acids is 2. The predicted octanol–water partition coefficient (Wildman–Crippen LogP) is 4.28. The lowest BCUT2D eigenvalue weighted by Crippen LogP contribution is -2.21. The van der Waals surface area contributed by atoms with Crippen molar-refractivity contribution in [2.75, 3.05) is 11.9 Å². The molecule has 1 aliphatic carbocycles. The van der Waals surface area contributed by atoms with E-state index in [1.165, 1.54) is 27.8 Å². The van der Waals surface area contributed by atoms with Crippen LogP contribution in [0.5, 0.6) is 0 Å². The van der Waals surface area contributed by atoms with Crippen LogP contribution in [0, 0.1) is 23.0 Å². The van der Waals surface area contributed by atoms with E-state index in [2.05, 4.69) is 12.2 Å². The number of anilines is 1. The first-order chi connectivity index (χ1) is 13.4. The summed E-state index contributed by atoms with van der Waals surface area (Å²) >= 11 is 1.42. The Morgan fingerprint density at radius 1 is 1.39 bits per heavy atom. The van der Waals surface area contributed by atoms with Gasteiger partial charge in [-0.15, -0.1) is 11.3 Å². The van der Waals surface area contributed by atoms with Crippen molar-refractivity contribution in [3.05, 3.63) is 55.3 Å². The molecule has 1 atom stereocenters. The van der Waals surface area contributed by atoms with Crippen molar-refractivity contribution in [3.63, 3.8) is 0 Å². The second-order valence-electron chi connectivity index (χ2n) is 6.93. The molecule has 0 aliphatic heterocycles. The molecule has 0 unspecified atom stereocenters. The van der Waals surface area contributed by atoms with Gasteiger partial charge in [-0.1, -0.05) is 25.5 Å². The van der Waals surface area contributed by atoms with Crippen LogP contribution >= 0.6 is 11.3 Å². The minimum absolute atomic E-state index is 0.116. The summed E-state index contributed by atoms with van der Waals surface area (Å²) < 4.78 is 5.12. The van der Waals surface area contributed by atoms with Gasteiger partial charge in [0, 0.05) is 10.9 Å². The SMILES string of the molecule is CC[C@@H]1CCc2sc(C(=O)OCC(=O)Nc3c(C)cccc3[N+](=O)[O-])cc2C1. The largest absolute Gasteiger partial charge is 0.451 e. The topological polar surface area (TPSA) is 98.5 Å². The van der Waals surface area contributed by atoms with Gasteiger partial charge in [-0.2, -0.15) is 0 Å². The molecule has 0 fully saturated rings. The number of ether oxygens (including phenoxy) is 1. The van der Waals surface area contributed by atoms with Crippen molar-refractivity contribution in [1.82, 2.24) is 0 Å². The lowest BCUT2D eigenvalue weighted by Gasteiger charge is -2.19. The van der Waals surface area contributed by atoms with E-state index in [0.717, 1.165) is 25.7 Å². The number of nitrogens with one attached hydrogen (secondary N) is 1. The fraction of sp³-hybridized carbons (Fsp3) is 0.400. The van der Waals surface area contributed by atoms with Gasteiger partial charge in [0.2, 0.25) is 0 Å². The summed E-state index contributed by atoms with van der Waals surface area (Å²) in [6, 6.07) is 6.39. The molecule has 148 valence electrons. The lowest BCUT2D eigenvalue weighted by atomic mass is 9.87. The molecule has 0 saturated heterocycles. The maximum atomic E-state index is 12.3. The number of thiophene rings is 1. The zero-order valence-electron chi connectivity index (χ0n) is 15.8. The summed E-state index contributed by atoms with van der Waals surface area (Å²) in [7, 11) is 0. The van der Waals surface area contributed by atoms with Gasteiger partial charge in [-0.05, 0) is 49.3 Å². The van der Waals surface area contributed by atoms with Crippen LogP contribution in [0.2, 0.25) is 0 Å². The number of hydrogen-bond donors (Lipinski definition) is 1. The maximum absolute atomic E-state index is 12.3. The molecule has 1 aromatic heterocycles. The van der Waals surface area contributed by atoms with E-state index in [9.17, 15) is 19.7 Å². The van der Waals surface area contributed by atoms with Crippen LogP contribution in [-0.4, -0.2) is 23.4 Å². The molecule has 3 rings (SSSR count). The monoisotopic (exact) mass is 402 g/mol. The van der Waals surface area contributed by atoms with E-state index in [-0.39, 0.29) is 11.4 Å². The summed E-state index contributed by atoms with van der Waals surface area (Å²) in [5, 5.41) is 13.6. The molecule has 0 spiro atoms. The molecular weight excluding hydrogens is 380 g/mol. The molecule has 2 aromatic rings. The van der Waals surface area contributed by atoms with Gasteiger partial charge in [0.25, 0.3) is 11.6 Å². The van der Waals surface area contributed by atoms with E-state index in [1.807, 2.05) is 6.07 Å². The minimum atomic E-state index is -0.613. The van der Waals surface area contributed by atoms with Crippen molar-refractivity contribution in [2.45, 2.75) is 39.5 Å². The average molecular weight is 402 g/mol. The van der Waals surface area contributed by atoms with Crippen LogP contribution in [-0.2, 0) is 22.4 Å². The van der Waals surface area contributed by atoms with Crippen molar-refractivity contribution >= 4 is 34.6 Å². The van der Waals surface area contributed by atoms with Crippen molar-refractivity contribution < 1.29 is 19.2 Å². The third-order valence-electron chi connectivity index (χ3n) is 5.01. The number of amides is 1. The Morgan fingerprint density at radius 3 is 2.89 bits per heavy atom. The van der Waals surface area contributed by atoms with E-state index in [0.29, 0.717) is 16.4 Å². The number of carbonyl (C=O) groups is 2. The number of para-hydroxylation sites is 1. The van der Waals surface area contributed by atoms with Crippen LogP contribution in [0.3, 0.4) is 0 Å². The van der Waals surface area contributed by atoms with E-state index in [4.69, 9.17) is 4.74 Å². The standard InChI is InChI=1S/C20H22N2O5S/c1-3-13-7-8-16-14(9-13)10-17(28-16)20(24)27-11-18(23)21-19-12(2)5-4-6-15(19)22(25)26/h4-6,10,13H,3,7-9,11H2,1-2H3,(H,21,23)/t13-/m1/s1. The minimum Gasteiger partial charge on any atom is -0.451 e. The Morgan fingerprint density at radius 2 is 2.18 bits per heavy atom. The first-order valence-electron chi connectivity index (χ1n) is 9.21. The highest BCUT2D eigenvalue weighted by Gasteiger charge is 2.23. The maximum Gasteiger partial charge on any atom is 0.348 e. The molecule has 1 aliphatic rings. The molecule has 7 nitrogen and oxygen atoms in total. The van der Waals surface area contributed by atoms with Crippen LogP contribution in [0.1, 0.15) is 45.4 Å². The highest BCUT2D eigenvalue weighted by atomic mass is 32.1. The fourth-order valence-electron chi connectivity index (χ4n) is 3.39. The van der Waals surface area contributed by atoms with E-state index < -0.39 is 23.4 Å². The van der Waals surface area contributed by atoms with Crippen molar-refractivity contribution in [2.24, 2.45) is 5.92 Å². The number of nitrogens with zero attached hydrogens (tertiary/aromatic N) is 1. The molecule has 0 radical (unpaired) electrons. The van der Waals surface area contributed by atoms with Gasteiger partial charge >= 0.3 is 5.97 Å². The Hall–Kier alpha value is -2.74. The molecule has 0 saturated carbocycles. The normalized spacial score (nSPS) is 15.6. The highest BCUT2D eigenvalue weighted by Crippen LogP contribution is 2.34. The molecule has 28 heavy (non-hydrogen) atoms. The lowest BCUT2D eigenvalue weighted by molar-refractivity contribution is -0.384. The summed E-state index contributed by atoms with van der Waals surface area (Å²) in [4.78, 5) is 36.7. The summed E-state index contributed by atoms with van der Waals surface area (Å²) in [6.07, 6.45) is 4.21. The Kier molecular flexibility index (Phi) is 6.08. The highest BCUT2D eigenvalue weighted by molar-refractivity contribution is 7.14. The molecule has 1 heterocycles. The number of hydrogen-bond acceptors (Lipinski definition) is 6. The Balaban J connectivity index is 1.61. The molecule has 1 amide bonds. The Bertz CT molecular complexity index is 921. The number of rotatable bonds is 6. The van der Waals surface area contributed by atoms with Crippen molar-refractivity contribution in [3.8, 4) is 0 Å². The summed E-state index contributed by atoms with van der Waals surface area (Å²) in [6.45, 7) is 3.34. The summed E-state index contributed by atoms with van der Waals surface area (Å²) in [5.74, 6) is -0.498. The molecule has 1 aromatic carbocycles. The second-order valence-corrected chi connectivity index (χ2v) is 8.06. The average Bonchev–Trinajstić information content (AvgIpc) is 3.10. The molecule has 8 heteroatoms. The first-order valence-corrected chi connectivity index (χ1v) is 10.0. The number of nitro benzene ring substituents is 1. The second kappa shape index (κ2) is 8.52. The van der Waals surface area contributed by atoms with Gasteiger partial charge in [0.1, 0.15) is 10.6 Å². The number of benzene rings is 1. The van der Waals surface area contributed by atoms with Crippen LogP contribution in [0.25, 0.3) is 0 Å². The van der Waals surface area contributed by atoms with Gasteiger partial charge in [-0.25, -0.2) is 4.79 Å². The zero-order chi connectivity index (χ0) is 20.3.